The number of phosphoric acid groups is 1. The van der Waals surface area contributed by atoms with Crippen LogP contribution in [0, 0.1) is 0 Å². The molecule has 3 N–H and O–H groups in total. The molecule has 73 heavy (non-hydrogen) atoms. The maximum Gasteiger partial charge on any atom is 0.472 e. The molecule has 0 aromatic carbocycles. The summed E-state index contributed by atoms with van der Waals surface area (Å²) in [7, 11) is 1.63. The summed E-state index contributed by atoms with van der Waals surface area (Å²) in [6.07, 6.45) is 70.1. The number of allylic oxidation sites excluding steroid dienone is 2. The molecule has 0 aromatic rings. The number of aliphatic hydroxyl groups excluding tert-OH is 1. The van der Waals surface area contributed by atoms with E-state index in [9.17, 15) is 19.4 Å². The molecule has 0 spiro atoms. The van der Waals surface area contributed by atoms with Gasteiger partial charge in [-0.1, -0.05) is 309 Å². The van der Waals surface area contributed by atoms with Crippen molar-refractivity contribution in [3.05, 3.63) is 12.2 Å². The van der Waals surface area contributed by atoms with Crippen LogP contribution in [0.2, 0.25) is 0 Å². The second-order valence-electron chi connectivity index (χ2n) is 23.9. The summed E-state index contributed by atoms with van der Waals surface area (Å²) in [6, 6.07) is -0.758. The van der Waals surface area contributed by atoms with Gasteiger partial charge in [-0.05, 0) is 38.5 Å². The van der Waals surface area contributed by atoms with Gasteiger partial charge in [0.1, 0.15) is 13.2 Å². The van der Waals surface area contributed by atoms with Crippen LogP contribution in [0.5, 0.6) is 0 Å². The number of likely N-dealkylation sites (N-methyl/N-ethyl adjacent to an activating group) is 1. The van der Waals surface area contributed by atoms with E-state index in [-0.39, 0.29) is 19.1 Å². The lowest BCUT2D eigenvalue weighted by molar-refractivity contribution is -0.870. The van der Waals surface area contributed by atoms with E-state index in [4.69, 9.17) is 9.05 Å². The summed E-state index contributed by atoms with van der Waals surface area (Å²) >= 11 is 0. The number of aliphatic hydroxyl groups is 1. The van der Waals surface area contributed by atoms with Crippen molar-refractivity contribution in [2.24, 2.45) is 0 Å². The van der Waals surface area contributed by atoms with Gasteiger partial charge in [-0.25, -0.2) is 4.57 Å². The highest BCUT2D eigenvalue weighted by Crippen LogP contribution is 2.43. The molecular weight excluding hydrogens is 924 g/mol. The molecule has 0 saturated carbocycles. The molecule has 9 heteroatoms. The molecule has 0 radical (unpaired) electrons. The smallest absolute Gasteiger partial charge is 0.391 e. The molecule has 3 unspecified atom stereocenters. The molecular formula is C64H130N2O6P+. The van der Waals surface area contributed by atoms with Gasteiger partial charge in [0.15, 0.2) is 0 Å². The number of hydrogen-bond donors (Lipinski definition) is 3. The fourth-order valence-corrected chi connectivity index (χ4v) is 10.9. The molecule has 0 aliphatic carbocycles. The Labute approximate surface area is 456 Å². The predicted molar refractivity (Wildman–Crippen MR) is 319 cm³/mol. The second-order valence-corrected chi connectivity index (χ2v) is 25.3. The van der Waals surface area contributed by atoms with Gasteiger partial charge in [-0.15, -0.1) is 0 Å². The zero-order valence-electron chi connectivity index (χ0n) is 49.9. The first-order chi connectivity index (χ1) is 35.5. The Morgan fingerprint density at radius 2 is 0.740 bits per heavy atom. The van der Waals surface area contributed by atoms with Crippen molar-refractivity contribution < 1.29 is 32.9 Å². The quantitative estimate of drug-likeness (QED) is 0.0243. The second kappa shape index (κ2) is 56.0. The van der Waals surface area contributed by atoms with E-state index in [0.717, 1.165) is 38.5 Å². The zero-order chi connectivity index (χ0) is 53.5. The number of nitrogens with one attached hydrogen (secondary N) is 1. The Morgan fingerprint density at radius 3 is 1.05 bits per heavy atom. The maximum atomic E-state index is 13.0. The van der Waals surface area contributed by atoms with Gasteiger partial charge in [0.2, 0.25) is 5.91 Å². The van der Waals surface area contributed by atoms with Crippen LogP contribution in [0.1, 0.15) is 341 Å². The SMILES string of the molecule is CCCCCCCCCCCCCC/C=C\CCCCCCCCCCCCCCCCC(=O)NC(COP(=O)(O)OCC[N+](C)(C)C)C(O)CCCCCCCCCCCCCCCCCCCCCCC. The number of hydrogen-bond acceptors (Lipinski definition) is 5. The summed E-state index contributed by atoms with van der Waals surface area (Å²) in [5.41, 5.74) is 0. The van der Waals surface area contributed by atoms with Gasteiger partial charge < -0.3 is 19.8 Å². The fourth-order valence-electron chi connectivity index (χ4n) is 10.2. The van der Waals surface area contributed by atoms with Gasteiger partial charge in [-0.3, -0.25) is 13.8 Å². The van der Waals surface area contributed by atoms with E-state index < -0.39 is 20.0 Å². The van der Waals surface area contributed by atoms with Crippen molar-refractivity contribution >= 4 is 13.7 Å². The third-order valence-corrected chi connectivity index (χ3v) is 16.2. The predicted octanol–water partition coefficient (Wildman–Crippen LogP) is 20.2. The fraction of sp³-hybridized carbons (Fsp3) is 0.953. The minimum absolute atomic E-state index is 0.0778. The van der Waals surface area contributed by atoms with E-state index in [1.807, 2.05) is 21.1 Å². The highest BCUT2D eigenvalue weighted by atomic mass is 31.2. The number of carbonyl (C=O) groups is 1. The van der Waals surface area contributed by atoms with Crippen molar-refractivity contribution in [1.29, 1.82) is 0 Å². The number of unbranched alkanes of at least 4 members (excludes halogenated alkanes) is 46. The third kappa shape index (κ3) is 58.8. The number of nitrogens with zero attached hydrogens (tertiary/aromatic N) is 1. The molecule has 0 aromatic heterocycles. The summed E-state index contributed by atoms with van der Waals surface area (Å²) < 4.78 is 23.9. The molecule has 0 saturated heterocycles. The molecule has 8 nitrogen and oxygen atoms in total. The molecule has 0 aliphatic rings. The Kier molecular flexibility index (Phi) is 55.4. The Balaban J connectivity index is 4.03. The third-order valence-electron chi connectivity index (χ3n) is 15.3. The Hall–Kier alpha value is -0.760. The van der Waals surface area contributed by atoms with Crippen molar-refractivity contribution in [1.82, 2.24) is 5.32 Å². The van der Waals surface area contributed by atoms with E-state index in [1.54, 1.807) is 0 Å². The average Bonchev–Trinajstić information content (AvgIpc) is 3.35. The molecule has 0 rings (SSSR count). The standard InChI is InChI=1S/C64H129N2O6P/c1-6-8-10-12-14-16-18-20-22-24-26-28-29-30-31-32-33-34-35-36-38-40-42-44-46-48-50-52-54-56-58-64(68)65-62(61-72-73(69,70)71-60-59-66(3,4)5)63(67)57-55-53-51-49-47-45-43-41-39-37-27-25-23-21-19-17-15-13-11-9-7-2/h30-31,62-63,67H,6-29,32-61H2,1-5H3,(H-,65,68,69,70)/p+1/b31-30-. The lowest BCUT2D eigenvalue weighted by Crippen LogP contribution is -2.46. The van der Waals surface area contributed by atoms with Gasteiger partial charge in [0.25, 0.3) is 0 Å². The van der Waals surface area contributed by atoms with Crippen LogP contribution in [0.15, 0.2) is 12.2 Å². The molecule has 0 fully saturated rings. The van der Waals surface area contributed by atoms with Gasteiger partial charge in [-0.2, -0.15) is 0 Å². The Morgan fingerprint density at radius 1 is 0.452 bits per heavy atom. The zero-order valence-corrected chi connectivity index (χ0v) is 50.8. The largest absolute Gasteiger partial charge is 0.472 e. The summed E-state index contributed by atoms with van der Waals surface area (Å²) in [6.45, 7) is 4.95. The lowest BCUT2D eigenvalue weighted by atomic mass is 10.0. The van der Waals surface area contributed by atoms with E-state index >= 15 is 0 Å². The van der Waals surface area contributed by atoms with Crippen molar-refractivity contribution in [3.8, 4) is 0 Å². The number of carbonyl (C=O) groups excluding carboxylic acids is 1. The summed E-state index contributed by atoms with van der Waals surface area (Å²) in [5.74, 6) is -0.137. The first kappa shape index (κ1) is 72.2. The highest BCUT2D eigenvalue weighted by molar-refractivity contribution is 7.47. The van der Waals surface area contributed by atoms with Crippen LogP contribution in [0.3, 0.4) is 0 Å². The minimum atomic E-state index is -4.32. The maximum absolute atomic E-state index is 13.0. The van der Waals surface area contributed by atoms with Crippen LogP contribution in [-0.2, 0) is 18.4 Å². The van der Waals surface area contributed by atoms with Crippen LogP contribution >= 0.6 is 7.82 Å². The molecule has 436 valence electrons. The van der Waals surface area contributed by atoms with Crippen molar-refractivity contribution in [3.63, 3.8) is 0 Å². The van der Waals surface area contributed by atoms with Gasteiger partial charge in [0.05, 0.1) is 39.9 Å². The van der Waals surface area contributed by atoms with E-state index in [1.165, 1.54) is 276 Å². The van der Waals surface area contributed by atoms with Crippen LogP contribution in [-0.4, -0.2) is 73.4 Å². The lowest BCUT2D eigenvalue weighted by Gasteiger charge is -2.26. The van der Waals surface area contributed by atoms with Crippen LogP contribution < -0.4 is 5.32 Å². The van der Waals surface area contributed by atoms with Crippen molar-refractivity contribution in [2.45, 2.75) is 353 Å². The number of phosphoric ester groups is 1. The van der Waals surface area contributed by atoms with Gasteiger partial charge in [0, 0.05) is 6.42 Å². The van der Waals surface area contributed by atoms with Crippen molar-refractivity contribution in [2.75, 3.05) is 40.9 Å². The molecule has 0 bridgehead atoms. The normalized spacial score (nSPS) is 13.8. The Bertz CT molecular complexity index is 1200. The first-order valence-electron chi connectivity index (χ1n) is 32.6. The number of rotatable bonds is 61. The number of quaternary nitrogens is 1. The molecule has 1 amide bonds. The van der Waals surface area contributed by atoms with E-state index in [0.29, 0.717) is 23.9 Å². The average molecular weight is 1050 g/mol. The monoisotopic (exact) mass is 1050 g/mol. The highest BCUT2D eigenvalue weighted by Gasteiger charge is 2.28. The number of amides is 1. The molecule has 0 heterocycles. The molecule has 0 aliphatic heterocycles. The summed E-state index contributed by atoms with van der Waals surface area (Å²) in [5, 5.41) is 14.1. The van der Waals surface area contributed by atoms with E-state index in [2.05, 4.69) is 31.3 Å². The first-order valence-corrected chi connectivity index (χ1v) is 34.0. The van der Waals surface area contributed by atoms with Gasteiger partial charge >= 0.3 is 7.82 Å². The minimum Gasteiger partial charge on any atom is -0.391 e. The topological polar surface area (TPSA) is 105 Å². The van der Waals surface area contributed by atoms with Crippen LogP contribution in [0.4, 0.5) is 0 Å². The molecule has 3 atom stereocenters. The summed E-state index contributed by atoms with van der Waals surface area (Å²) in [4.78, 5) is 23.4. The van der Waals surface area contributed by atoms with Crippen LogP contribution in [0.25, 0.3) is 0 Å².